The summed E-state index contributed by atoms with van der Waals surface area (Å²) in [5.74, 6) is 0.424. The maximum atomic E-state index is 11.3. The Morgan fingerprint density at radius 3 is 2.55 bits per heavy atom. The van der Waals surface area contributed by atoms with Crippen molar-refractivity contribution in [2.24, 2.45) is 11.1 Å². The van der Waals surface area contributed by atoms with Crippen LogP contribution >= 0.6 is 0 Å². The molecular weight excluding hydrogens is 374 g/mol. The van der Waals surface area contributed by atoms with Crippen molar-refractivity contribution >= 4 is 17.1 Å². The van der Waals surface area contributed by atoms with E-state index in [0.29, 0.717) is 12.3 Å². The van der Waals surface area contributed by atoms with Crippen LogP contribution in [0.4, 0.5) is 11.4 Å². The molecule has 0 aromatic heterocycles. The second-order valence-corrected chi connectivity index (χ2v) is 6.94. The maximum absolute atomic E-state index is 11.3. The molecule has 0 radical (unpaired) electrons. The SMILES string of the molecule is C=CC[C@H]1C[C@@H](c2ccccc2)CC/C1=N\Oc1ccc([N+](=O)[O-])cc1[N+](=O)[O-]. The van der Waals surface area contributed by atoms with Gasteiger partial charge in [0.2, 0.25) is 5.75 Å². The summed E-state index contributed by atoms with van der Waals surface area (Å²) < 4.78 is 0. The van der Waals surface area contributed by atoms with Crippen molar-refractivity contribution in [1.82, 2.24) is 0 Å². The van der Waals surface area contributed by atoms with Crippen molar-refractivity contribution in [3.8, 4) is 5.75 Å². The minimum atomic E-state index is -0.712. The summed E-state index contributed by atoms with van der Waals surface area (Å²) in [4.78, 5) is 26.1. The number of nitro groups is 2. The molecular formula is C21H21N3O5. The highest BCUT2D eigenvalue weighted by Crippen LogP contribution is 2.37. The number of benzene rings is 2. The average molecular weight is 395 g/mol. The topological polar surface area (TPSA) is 108 Å². The van der Waals surface area contributed by atoms with E-state index in [9.17, 15) is 20.2 Å². The highest BCUT2D eigenvalue weighted by atomic mass is 16.7. The fraction of sp³-hybridized carbons (Fsp3) is 0.286. The summed E-state index contributed by atoms with van der Waals surface area (Å²) in [6.07, 6.45) is 5.07. The largest absolute Gasteiger partial charge is 0.350 e. The van der Waals surface area contributed by atoms with Crippen molar-refractivity contribution in [3.63, 3.8) is 0 Å². The highest BCUT2D eigenvalue weighted by Gasteiger charge is 2.28. The summed E-state index contributed by atoms with van der Waals surface area (Å²) in [5, 5.41) is 26.3. The zero-order valence-electron chi connectivity index (χ0n) is 15.8. The number of oxime groups is 1. The Kier molecular flexibility index (Phi) is 6.33. The molecule has 1 aliphatic rings. The third-order valence-electron chi connectivity index (χ3n) is 5.12. The van der Waals surface area contributed by atoms with Gasteiger partial charge >= 0.3 is 5.69 Å². The average Bonchev–Trinajstić information content (AvgIpc) is 2.73. The highest BCUT2D eigenvalue weighted by molar-refractivity contribution is 5.87. The van der Waals surface area contributed by atoms with Gasteiger partial charge in [-0.1, -0.05) is 41.6 Å². The minimum absolute atomic E-state index is 0.115. The lowest BCUT2D eigenvalue weighted by atomic mass is 9.75. The molecule has 0 bridgehead atoms. The molecule has 0 unspecified atom stereocenters. The Balaban J connectivity index is 1.80. The minimum Gasteiger partial charge on any atom is -0.350 e. The van der Waals surface area contributed by atoms with Gasteiger partial charge in [-0.05, 0) is 43.2 Å². The van der Waals surface area contributed by atoms with Crippen LogP contribution in [0.2, 0.25) is 0 Å². The van der Waals surface area contributed by atoms with Crippen LogP contribution in [0.1, 0.15) is 37.2 Å². The van der Waals surface area contributed by atoms with Gasteiger partial charge in [-0.25, -0.2) is 0 Å². The molecule has 8 heteroatoms. The first kappa shape index (κ1) is 20.2. The number of hydrogen-bond acceptors (Lipinski definition) is 6. The van der Waals surface area contributed by atoms with Gasteiger partial charge in [-0.2, -0.15) is 0 Å². The Morgan fingerprint density at radius 2 is 1.90 bits per heavy atom. The maximum Gasteiger partial charge on any atom is 0.321 e. The summed E-state index contributed by atoms with van der Waals surface area (Å²) >= 11 is 0. The van der Waals surface area contributed by atoms with Gasteiger partial charge in [0.15, 0.2) is 0 Å². The summed E-state index contributed by atoms with van der Waals surface area (Å²) in [6.45, 7) is 3.82. The lowest BCUT2D eigenvalue weighted by Gasteiger charge is -2.30. The normalized spacial score (nSPS) is 20.2. The first-order valence-corrected chi connectivity index (χ1v) is 9.32. The standard InChI is InChI=1S/C21H21N3O5/c1-2-6-17-13-16(15-7-4-3-5-8-15)9-11-19(17)22-29-21-12-10-18(23(25)26)14-20(21)24(27)28/h2-5,7-8,10,12,14,16-17H,1,6,9,11,13H2/b22-19+/t16-,17-/m0/s1. The van der Waals surface area contributed by atoms with Crippen LogP contribution in [0.3, 0.4) is 0 Å². The van der Waals surface area contributed by atoms with Crippen molar-refractivity contribution in [3.05, 3.63) is 87.0 Å². The second-order valence-electron chi connectivity index (χ2n) is 6.94. The molecule has 2 aromatic rings. The van der Waals surface area contributed by atoms with Crippen molar-refractivity contribution in [1.29, 1.82) is 0 Å². The Labute approximate surface area is 167 Å². The Bertz CT molecular complexity index is 943. The molecule has 0 spiro atoms. The van der Waals surface area contributed by atoms with E-state index in [1.807, 2.05) is 24.3 Å². The van der Waals surface area contributed by atoms with E-state index in [0.717, 1.165) is 37.1 Å². The first-order chi connectivity index (χ1) is 14.0. The zero-order valence-corrected chi connectivity index (χ0v) is 15.8. The monoisotopic (exact) mass is 395 g/mol. The predicted octanol–water partition coefficient (Wildman–Crippen LogP) is 5.40. The van der Waals surface area contributed by atoms with E-state index >= 15 is 0 Å². The van der Waals surface area contributed by atoms with Crippen molar-refractivity contribution < 1.29 is 14.7 Å². The predicted molar refractivity (Wildman–Crippen MR) is 109 cm³/mol. The van der Waals surface area contributed by atoms with E-state index in [1.165, 1.54) is 11.6 Å². The molecule has 8 nitrogen and oxygen atoms in total. The van der Waals surface area contributed by atoms with Crippen LogP contribution in [0.5, 0.6) is 5.75 Å². The van der Waals surface area contributed by atoms with Gasteiger partial charge < -0.3 is 4.84 Å². The number of non-ortho nitro benzene ring substituents is 1. The van der Waals surface area contributed by atoms with Gasteiger partial charge in [-0.15, -0.1) is 6.58 Å². The van der Waals surface area contributed by atoms with E-state index in [2.05, 4.69) is 23.9 Å². The summed E-state index contributed by atoms with van der Waals surface area (Å²) in [6, 6.07) is 13.5. The zero-order chi connectivity index (χ0) is 20.8. The van der Waals surface area contributed by atoms with Crippen LogP contribution in [0.25, 0.3) is 0 Å². The summed E-state index contributed by atoms with van der Waals surface area (Å²) in [5.41, 5.74) is 1.25. The number of nitrogens with zero attached hydrogens (tertiary/aromatic N) is 3. The number of hydrogen-bond donors (Lipinski definition) is 0. The molecule has 29 heavy (non-hydrogen) atoms. The molecule has 0 saturated heterocycles. The van der Waals surface area contributed by atoms with E-state index in [1.54, 1.807) is 0 Å². The molecule has 150 valence electrons. The molecule has 0 amide bonds. The molecule has 2 aromatic carbocycles. The molecule has 1 aliphatic carbocycles. The molecule has 1 saturated carbocycles. The van der Waals surface area contributed by atoms with Gasteiger partial charge in [0.1, 0.15) is 0 Å². The van der Waals surface area contributed by atoms with Crippen LogP contribution < -0.4 is 4.84 Å². The number of nitro benzene ring substituents is 2. The fourth-order valence-corrected chi connectivity index (χ4v) is 3.65. The van der Waals surface area contributed by atoms with Gasteiger partial charge in [0.25, 0.3) is 5.69 Å². The molecule has 0 N–H and O–H groups in total. The smallest absolute Gasteiger partial charge is 0.321 e. The molecule has 0 aliphatic heterocycles. The van der Waals surface area contributed by atoms with Crippen molar-refractivity contribution in [2.45, 2.75) is 31.6 Å². The second kappa shape index (κ2) is 9.09. The fourth-order valence-electron chi connectivity index (χ4n) is 3.65. The summed E-state index contributed by atoms with van der Waals surface area (Å²) in [7, 11) is 0. The lowest BCUT2D eigenvalue weighted by Crippen LogP contribution is -2.24. The van der Waals surface area contributed by atoms with Gasteiger partial charge in [0.05, 0.1) is 21.6 Å². The third kappa shape index (κ3) is 4.84. The van der Waals surface area contributed by atoms with E-state index < -0.39 is 15.5 Å². The van der Waals surface area contributed by atoms with Gasteiger partial charge in [-0.3, -0.25) is 20.2 Å². The molecule has 2 atom stereocenters. The Hall–Kier alpha value is -3.55. The van der Waals surface area contributed by atoms with Gasteiger partial charge in [0, 0.05) is 12.0 Å². The van der Waals surface area contributed by atoms with Crippen LogP contribution in [-0.4, -0.2) is 15.6 Å². The quantitative estimate of drug-likeness (QED) is 0.354. The Morgan fingerprint density at radius 1 is 1.14 bits per heavy atom. The molecule has 1 fully saturated rings. The third-order valence-corrected chi connectivity index (χ3v) is 5.12. The first-order valence-electron chi connectivity index (χ1n) is 9.32. The lowest BCUT2D eigenvalue weighted by molar-refractivity contribution is -0.394. The number of allylic oxidation sites excluding steroid dienone is 1. The van der Waals surface area contributed by atoms with E-state index in [4.69, 9.17) is 4.84 Å². The number of rotatable bonds is 7. The van der Waals surface area contributed by atoms with Crippen LogP contribution in [0.15, 0.2) is 66.3 Å². The molecule has 3 rings (SSSR count). The van der Waals surface area contributed by atoms with Crippen LogP contribution in [0, 0.1) is 26.1 Å². The van der Waals surface area contributed by atoms with Crippen molar-refractivity contribution in [2.75, 3.05) is 0 Å². The molecule has 0 heterocycles. The van der Waals surface area contributed by atoms with E-state index in [-0.39, 0.29) is 17.4 Å². The van der Waals surface area contributed by atoms with Crippen LogP contribution in [-0.2, 0) is 0 Å².